The van der Waals surface area contributed by atoms with Gasteiger partial charge in [-0.1, -0.05) is 33.8 Å². The number of rotatable bonds is 2. The van der Waals surface area contributed by atoms with Gasteiger partial charge in [-0.2, -0.15) is 0 Å². The summed E-state index contributed by atoms with van der Waals surface area (Å²) in [6.07, 6.45) is 1.69. The Balaban J connectivity index is 0. The standard InChI is InChI=1S/C10H14N2O.2C2H6/c1-7(2)12-10(13)9-5-4-8(3)6-11-9;2*1-2/h4-7H,1-3H3,(H,12,13);2*1-2H3. The van der Waals surface area contributed by atoms with Gasteiger partial charge in [-0.15, -0.1) is 0 Å². The van der Waals surface area contributed by atoms with E-state index in [2.05, 4.69) is 10.3 Å². The van der Waals surface area contributed by atoms with Crippen LogP contribution in [0, 0.1) is 6.92 Å². The smallest absolute Gasteiger partial charge is 0.270 e. The lowest BCUT2D eigenvalue weighted by Crippen LogP contribution is -2.30. The molecule has 1 rings (SSSR count). The van der Waals surface area contributed by atoms with E-state index in [1.165, 1.54) is 0 Å². The molecule has 0 aliphatic carbocycles. The summed E-state index contributed by atoms with van der Waals surface area (Å²) in [6, 6.07) is 3.76. The summed E-state index contributed by atoms with van der Waals surface area (Å²) in [4.78, 5) is 15.4. The van der Waals surface area contributed by atoms with E-state index in [0.29, 0.717) is 5.69 Å². The van der Waals surface area contributed by atoms with Gasteiger partial charge in [0.15, 0.2) is 0 Å². The minimum absolute atomic E-state index is 0.116. The topological polar surface area (TPSA) is 42.0 Å². The number of hydrogen-bond donors (Lipinski definition) is 1. The van der Waals surface area contributed by atoms with Crippen LogP contribution in [0.5, 0.6) is 0 Å². The summed E-state index contributed by atoms with van der Waals surface area (Å²) in [6.45, 7) is 13.8. The molecule has 17 heavy (non-hydrogen) atoms. The van der Waals surface area contributed by atoms with Crippen molar-refractivity contribution in [3.05, 3.63) is 29.6 Å². The molecular formula is C14H26N2O. The third kappa shape index (κ3) is 8.43. The van der Waals surface area contributed by atoms with Crippen LogP contribution in [0.15, 0.2) is 18.3 Å². The minimum Gasteiger partial charge on any atom is -0.349 e. The van der Waals surface area contributed by atoms with E-state index in [0.717, 1.165) is 5.56 Å². The van der Waals surface area contributed by atoms with Gasteiger partial charge in [0.05, 0.1) is 0 Å². The molecule has 1 amide bonds. The van der Waals surface area contributed by atoms with Gasteiger partial charge < -0.3 is 5.32 Å². The predicted molar refractivity (Wildman–Crippen MR) is 74.3 cm³/mol. The Kier molecular flexibility index (Phi) is 11.8. The molecule has 1 aromatic heterocycles. The second kappa shape index (κ2) is 11.1. The summed E-state index contributed by atoms with van der Waals surface area (Å²) >= 11 is 0. The maximum Gasteiger partial charge on any atom is 0.270 e. The normalized spacial score (nSPS) is 8.47. The number of carbonyl (C=O) groups is 1. The van der Waals surface area contributed by atoms with E-state index in [-0.39, 0.29) is 11.9 Å². The summed E-state index contributed by atoms with van der Waals surface area (Å²) in [7, 11) is 0. The molecule has 0 fully saturated rings. The van der Waals surface area contributed by atoms with Crippen molar-refractivity contribution >= 4 is 5.91 Å². The van der Waals surface area contributed by atoms with Crippen LogP contribution in [0.1, 0.15) is 57.6 Å². The molecule has 1 N–H and O–H groups in total. The zero-order chi connectivity index (χ0) is 13.8. The Labute approximate surface area is 106 Å². The second-order valence-corrected chi connectivity index (χ2v) is 3.35. The highest BCUT2D eigenvalue weighted by Crippen LogP contribution is 1.98. The molecule has 0 radical (unpaired) electrons. The molecule has 3 heteroatoms. The molecule has 0 bridgehead atoms. The summed E-state index contributed by atoms with van der Waals surface area (Å²) in [5.41, 5.74) is 1.53. The van der Waals surface area contributed by atoms with E-state index in [9.17, 15) is 4.79 Å². The third-order valence-corrected chi connectivity index (χ3v) is 1.56. The highest BCUT2D eigenvalue weighted by Gasteiger charge is 2.06. The van der Waals surface area contributed by atoms with Crippen LogP contribution in [0.25, 0.3) is 0 Å². The fourth-order valence-electron chi connectivity index (χ4n) is 0.938. The molecule has 0 saturated carbocycles. The van der Waals surface area contributed by atoms with Crippen LogP contribution in [0.3, 0.4) is 0 Å². The number of nitrogens with one attached hydrogen (secondary N) is 1. The first-order chi connectivity index (χ1) is 8.09. The molecule has 1 heterocycles. The Morgan fingerprint density at radius 1 is 1.18 bits per heavy atom. The Morgan fingerprint density at radius 2 is 1.71 bits per heavy atom. The number of aromatic nitrogens is 1. The quantitative estimate of drug-likeness (QED) is 0.855. The third-order valence-electron chi connectivity index (χ3n) is 1.56. The first kappa shape index (κ1) is 18.0. The number of hydrogen-bond acceptors (Lipinski definition) is 2. The first-order valence-corrected chi connectivity index (χ1v) is 6.33. The van der Waals surface area contributed by atoms with E-state index < -0.39 is 0 Å². The monoisotopic (exact) mass is 238 g/mol. The second-order valence-electron chi connectivity index (χ2n) is 3.35. The van der Waals surface area contributed by atoms with Gasteiger partial charge in [0.25, 0.3) is 5.91 Å². The molecule has 0 saturated heterocycles. The first-order valence-electron chi connectivity index (χ1n) is 6.33. The summed E-state index contributed by atoms with van der Waals surface area (Å²) in [5.74, 6) is -0.116. The maximum atomic E-state index is 11.4. The van der Waals surface area contributed by atoms with Crippen LogP contribution in [-0.2, 0) is 0 Å². The minimum atomic E-state index is -0.116. The van der Waals surface area contributed by atoms with E-state index >= 15 is 0 Å². The van der Waals surface area contributed by atoms with Crippen molar-refractivity contribution in [2.24, 2.45) is 0 Å². The van der Waals surface area contributed by atoms with Gasteiger partial charge in [-0.3, -0.25) is 9.78 Å². The van der Waals surface area contributed by atoms with Crippen molar-refractivity contribution in [2.75, 3.05) is 0 Å². The van der Waals surface area contributed by atoms with E-state index in [1.54, 1.807) is 12.3 Å². The molecule has 3 nitrogen and oxygen atoms in total. The summed E-state index contributed by atoms with van der Waals surface area (Å²) < 4.78 is 0. The maximum absolute atomic E-state index is 11.4. The number of carbonyl (C=O) groups excluding carboxylic acids is 1. The number of amides is 1. The van der Waals surface area contributed by atoms with Gasteiger partial charge in [0, 0.05) is 12.2 Å². The Hall–Kier alpha value is -1.38. The fourth-order valence-corrected chi connectivity index (χ4v) is 0.938. The lowest BCUT2D eigenvalue weighted by molar-refractivity contribution is 0.0938. The number of aryl methyl sites for hydroxylation is 1. The van der Waals surface area contributed by atoms with Crippen molar-refractivity contribution in [1.82, 2.24) is 10.3 Å². The average molecular weight is 238 g/mol. The number of pyridine rings is 1. The molecule has 0 spiro atoms. The van der Waals surface area contributed by atoms with Gasteiger partial charge in [0.2, 0.25) is 0 Å². The zero-order valence-corrected chi connectivity index (χ0v) is 12.2. The SMILES string of the molecule is CC.CC.Cc1ccc(C(=O)NC(C)C)nc1. The van der Waals surface area contributed by atoms with Crippen LogP contribution < -0.4 is 5.32 Å². The molecule has 0 unspecified atom stereocenters. The average Bonchev–Trinajstić information content (AvgIpc) is 2.34. The largest absolute Gasteiger partial charge is 0.349 e. The van der Waals surface area contributed by atoms with E-state index in [1.807, 2.05) is 54.5 Å². The predicted octanol–water partition coefficient (Wildman–Crippen LogP) is 3.58. The van der Waals surface area contributed by atoms with E-state index in [4.69, 9.17) is 0 Å². The van der Waals surface area contributed by atoms with Gasteiger partial charge in [-0.25, -0.2) is 0 Å². The molecule has 0 aromatic carbocycles. The summed E-state index contributed by atoms with van der Waals surface area (Å²) in [5, 5.41) is 2.78. The van der Waals surface area contributed by atoms with Crippen molar-refractivity contribution in [3.8, 4) is 0 Å². The molecule has 0 aliphatic heterocycles. The molecule has 0 atom stereocenters. The van der Waals surface area contributed by atoms with Gasteiger partial charge in [-0.05, 0) is 32.4 Å². The van der Waals surface area contributed by atoms with Crippen molar-refractivity contribution in [2.45, 2.75) is 54.5 Å². The van der Waals surface area contributed by atoms with Crippen molar-refractivity contribution < 1.29 is 4.79 Å². The number of nitrogens with zero attached hydrogens (tertiary/aromatic N) is 1. The lowest BCUT2D eigenvalue weighted by atomic mass is 10.2. The van der Waals surface area contributed by atoms with Crippen molar-refractivity contribution in [3.63, 3.8) is 0 Å². The fraction of sp³-hybridized carbons (Fsp3) is 0.571. The van der Waals surface area contributed by atoms with Gasteiger partial charge in [0.1, 0.15) is 5.69 Å². The van der Waals surface area contributed by atoms with Crippen LogP contribution in [0.2, 0.25) is 0 Å². The molecular weight excluding hydrogens is 212 g/mol. The lowest BCUT2D eigenvalue weighted by Gasteiger charge is -2.07. The van der Waals surface area contributed by atoms with Gasteiger partial charge >= 0.3 is 0 Å². The molecule has 0 aliphatic rings. The molecule has 98 valence electrons. The van der Waals surface area contributed by atoms with Crippen molar-refractivity contribution in [1.29, 1.82) is 0 Å². The highest BCUT2D eigenvalue weighted by atomic mass is 16.1. The Bertz CT molecular complexity index is 292. The van der Waals surface area contributed by atoms with Crippen LogP contribution in [0.4, 0.5) is 0 Å². The Morgan fingerprint density at radius 3 is 2.06 bits per heavy atom. The van der Waals surface area contributed by atoms with Crippen LogP contribution in [-0.4, -0.2) is 16.9 Å². The van der Waals surface area contributed by atoms with Crippen LogP contribution >= 0.6 is 0 Å². The highest BCUT2D eigenvalue weighted by molar-refractivity contribution is 5.92. The molecule has 1 aromatic rings. The zero-order valence-electron chi connectivity index (χ0n) is 12.2.